The SMILES string of the molecule is CCOC(=O)c1[nH]c(C)c(/C(O)=C2\C(=O)C(=O)N(CCN3CCOCC3)C2c2ccncc2)c1C. The monoisotopic (exact) mass is 482 g/mol. The number of rotatable bonds is 7. The van der Waals surface area contributed by atoms with Gasteiger partial charge in [0.25, 0.3) is 11.7 Å². The summed E-state index contributed by atoms with van der Waals surface area (Å²) in [5.74, 6) is -2.30. The van der Waals surface area contributed by atoms with E-state index in [1.165, 1.54) is 4.90 Å². The van der Waals surface area contributed by atoms with Crippen molar-refractivity contribution in [2.24, 2.45) is 0 Å². The molecule has 10 nitrogen and oxygen atoms in total. The van der Waals surface area contributed by atoms with Crippen LogP contribution in [0.25, 0.3) is 5.76 Å². The third-order valence-electron chi connectivity index (χ3n) is 6.48. The Morgan fingerprint density at radius 3 is 2.54 bits per heavy atom. The zero-order chi connectivity index (χ0) is 25.1. The molecule has 4 heterocycles. The summed E-state index contributed by atoms with van der Waals surface area (Å²) >= 11 is 0. The van der Waals surface area contributed by atoms with Crippen molar-refractivity contribution in [2.45, 2.75) is 26.8 Å². The number of H-pyrrole nitrogens is 1. The molecule has 4 rings (SSSR count). The van der Waals surface area contributed by atoms with Crippen molar-refractivity contribution in [1.82, 2.24) is 19.8 Å². The third-order valence-corrected chi connectivity index (χ3v) is 6.48. The number of aliphatic hydroxyl groups excluding tert-OH is 1. The van der Waals surface area contributed by atoms with E-state index in [0.717, 1.165) is 13.1 Å². The maximum atomic E-state index is 13.3. The molecule has 10 heteroatoms. The summed E-state index contributed by atoms with van der Waals surface area (Å²) in [6.45, 7) is 8.92. The minimum atomic E-state index is -0.779. The molecule has 0 aromatic carbocycles. The Bertz CT molecular complexity index is 1150. The molecule has 0 saturated carbocycles. The number of likely N-dealkylation sites (tertiary alicyclic amines) is 1. The number of hydrogen-bond donors (Lipinski definition) is 2. The number of esters is 1. The lowest BCUT2D eigenvalue weighted by Gasteiger charge is -2.31. The van der Waals surface area contributed by atoms with E-state index >= 15 is 0 Å². The van der Waals surface area contributed by atoms with Crippen LogP contribution in [-0.2, 0) is 19.1 Å². The van der Waals surface area contributed by atoms with E-state index in [1.807, 2.05) is 0 Å². The van der Waals surface area contributed by atoms with Gasteiger partial charge in [-0.05, 0) is 44.0 Å². The zero-order valence-corrected chi connectivity index (χ0v) is 20.2. The number of aryl methyl sites for hydroxylation is 1. The molecule has 0 radical (unpaired) electrons. The molecule has 0 spiro atoms. The fraction of sp³-hybridized carbons (Fsp3) is 0.440. The molecule has 35 heavy (non-hydrogen) atoms. The van der Waals surface area contributed by atoms with Crippen LogP contribution in [0.4, 0.5) is 0 Å². The maximum absolute atomic E-state index is 13.3. The topological polar surface area (TPSA) is 125 Å². The zero-order valence-electron chi connectivity index (χ0n) is 20.2. The van der Waals surface area contributed by atoms with Crippen molar-refractivity contribution in [3.63, 3.8) is 0 Å². The van der Waals surface area contributed by atoms with Crippen molar-refractivity contribution in [3.05, 3.63) is 58.2 Å². The number of ketones is 1. The van der Waals surface area contributed by atoms with E-state index in [1.54, 1.807) is 45.3 Å². The molecule has 2 aliphatic heterocycles. The summed E-state index contributed by atoms with van der Waals surface area (Å²) in [6.07, 6.45) is 3.17. The van der Waals surface area contributed by atoms with Crippen LogP contribution >= 0.6 is 0 Å². The number of carbonyl (C=O) groups is 3. The Morgan fingerprint density at radius 1 is 1.20 bits per heavy atom. The predicted octanol–water partition coefficient (Wildman–Crippen LogP) is 1.96. The highest BCUT2D eigenvalue weighted by atomic mass is 16.5. The first-order chi connectivity index (χ1) is 16.8. The van der Waals surface area contributed by atoms with Crippen molar-refractivity contribution in [3.8, 4) is 0 Å². The van der Waals surface area contributed by atoms with Crippen molar-refractivity contribution in [2.75, 3.05) is 46.0 Å². The molecule has 1 amide bonds. The van der Waals surface area contributed by atoms with Crippen LogP contribution in [0.15, 0.2) is 30.1 Å². The number of aromatic amines is 1. The smallest absolute Gasteiger partial charge is 0.355 e. The molecular weight excluding hydrogens is 452 g/mol. The minimum absolute atomic E-state index is 0.0104. The number of nitrogens with zero attached hydrogens (tertiary/aromatic N) is 3. The van der Waals surface area contributed by atoms with Gasteiger partial charge in [-0.2, -0.15) is 0 Å². The molecule has 0 bridgehead atoms. The van der Waals surface area contributed by atoms with Gasteiger partial charge in [-0.15, -0.1) is 0 Å². The predicted molar refractivity (Wildman–Crippen MR) is 127 cm³/mol. The fourth-order valence-electron chi connectivity index (χ4n) is 4.72. The first-order valence-electron chi connectivity index (χ1n) is 11.7. The molecule has 2 saturated heterocycles. The van der Waals surface area contributed by atoms with E-state index in [4.69, 9.17) is 9.47 Å². The molecule has 2 N–H and O–H groups in total. The molecule has 2 fully saturated rings. The fourth-order valence-corrected chi connectivity index (χ4v) is 4.72. The second kappa shape index (κ2) is 10.4. The van der Waals surface area contributed by atoms with Crippen LogP contribution in [0, 0.1) is 13.8 Å². The normalized spacial score (nSPS) is 20.4. The summed E-state index contributed by atoms with van der Waals surface area (Å²) in [7, 11) is 0. The van der Waals surface area contributed by atoms with E-state index in [9.17, 15) is 19.5 Å². The van der Waals surface area contributed by atoms with Gasteiger partial charge in [0.1, 0.15) is 11.5 Å². The van der Waals surface area contributed by atoms with Crippen LogP contribution in [0.2, 0.25) is 0 Å². The van der Waals surface area contributed by atoms with Gasteiger partial charge in [0.15, 0.2) is 0 Å². The summed E-state index contributed by atoms with van der Waals surface area (Å²) in [5.41, 5.74) is 2.12. The third kappa shape index (κ3) is 4.71. The van der Waals surface area contributed by atoms with Crippen LogP contribution in [-0.4, -0.2) is 88.5 Å². The molecule has 2 aromatic rings. The van der Waals surface area contributed by atoms with E-state index < -0.39 is 23.7 Å². The average Bonchev–Trinajstić information content (AvgIpc) is 3.30. The lowest BCUT2D eigenvalue weighted by Crippen LogP contribution is -2.42. The van der Waals surface area contributed by atoms with Crippen LogP contribution in [0.1, 0.15) is 45.8 Å². The van der Waals surface area contributed by atoms with Gasteiger partial charge in [-0.3, -0.25) is 19.5 Å². The highest BCUT2D eigenvalue weighted by Crippen LogP contribution is 2.40. The van der Waals surface area contributed by atoms with Gasteiger partial charge in [-0.1, -0.05) is 0 Å². The summed E-state index contributed by atoms with van der Waals surface area (Å²) in [6, 6.07) is 2.68. The van der Waals surface area contributed by atoms with Gasteiger partial charge in [0, 0.05) is 49.8 Å². The largest absolute Gasteiger partial charge is 0.507 e. The van der Waals surface area contributed by atoms with Gasteiger partial charge >= 0.3 is 5.97 Å². The second-order valence-corrected chi connectivity index (χ2v) is 8.57. The number of morpholine rings is 1. The van der Waals surface area contributed by atoms with Crippen molar-refractivity contribution >= 4 is 23.4 Å². The number of pyridine rings is 1. The summed E-state index contributed by atoms with van der Waals surface area (Å²) in [4.78, 5) is 49.5. The maximum Gasteiger partial charge on any atom is 0.355 e. The highest BCUT2D eigenvalue weighted by Gasteiger charge is 2.46. The number of aromatic nitrogens is 2. The molecule has 1 atom stereocenters. The Kier molecular flexibility index (Phi) is 7.32. The molecule has 0 aliphatic carbocycles. The summed E-state index contributed by atoms with van der Waals surface area (Å²) in [5, 5.41) is 11.4. The number of hydrogen-bond acceptors (Lipinski definition) is 8. The van der Waals surface area contributed by atoms with Gasteiger partial charge in [0.05, 0.1) is 31.4 Å². The van der Waals surface area contributed by atoms with Gasteiger partial charge in [-0.25, -0.2) is 4.79 Å². The molecule has 1 unspecified atom stereocenters. The van der Waals surface area contributed by atoms with E-state index in [-0.39, 0.29) is 23.6 Å². The lowest BCUT2D eigenvalue weighted by atomic mass is 9.94. The Labute approximate surface area is 203 Å². The van der Waals surface area contributed by atoms with E-state index in [0.29, 0.717) is 48.7 Å². The Hall–Kier alpha value is -3.50. The number of Topliss-reactive ketones (excluding diaryl/α,β-unsaturated/α-hetero) is 1. The quantitative estimate of drug-likeness (QED) is 0.266. The van der Waals surface area contributed by atoms with Crippen molar-refractivity contribution < 1.29 is 29.0 Å². The van der Waals surface area contributed by atoms with Crippen LogP contribution in [0.3, 0.4) is 0 Å². The minimum Gasteiger partial charge on any atom is -0.507 e. The average molecular weight is 483 g/mol. The van der Waals surface area contributed by atoms with Crippen LogP contribution < -0.4 is 0 Å². The first kappa shape index (κ1) is 24.6. The highest BCUT2D eigenvalue weighted by molar-refractivity contribution is 6.46. The standard InChI is InChI=1S/C25H30N4O6/c1-4-35-25(33)20-15(2)18(16(3)27-20)22(30)19-21(17-5-7-26-8-6-17)29(24(32)23(19)31)10-9-28-11-13-34-14-12-28/h5-8,21,27,30H,4,9-14H2,1-3H3/b22-19+. The number of aliphatic hydroxyl groups is 1. The number of amides is 1. The van der Waals surface area contributed by atoms with Crippen LogP contribution in [0.5, 0.6) is 0 Å². The second-order valence-electron chi connectivity index (χ2n) is 8.57. The van der Waals surface area contributed by atoms with Gasteiger partial charge < -0.3 is 24.5 Å². The lowest BCUT2D eigenvalue weighted by molar-refractivity contribution is -0.140. The first-order valence-corrected chi connectivity index (χ1v) is 11.7. The number of ether oxygens (including phenoxy) is 2. The summed E-state index contributed by atoms with van der Waals surface area (Å²) < 4.78 is 10.5. The molecular formula is C25H30N4O6. The van der Waals surface area contributed by atoms with Gasteiger partial charge in [0.2, 0.25) is 0 Å². The molecule has 2 aromatic heterocycles. The Morgan fingerprint density at radius 2 is 1.89 bits per heavy atom. The molecule has 186 valence electrons. The number of nitrogens with one attached hydrogen (secondary N) is 1. The van der Waals surface area contributed by atoms with E-state index in [2.05, 4.69) is 14.9 Å². The number of carbonyl (C=O) groups excluding carboxylic acids is 3. The van der Waals surface area contributed by atoms with Crippen molar-refractivity contribution in [1.29, 1.82) is 0 Å². The Balaban J connectivity index is 1.77. The molecule has 2 aliphatic rings.